The number of amides is 3. The van der Waals surface area contributed by atoms with Crippen molar-refractivity contribution >= 4 is 23.4 Å². The highest BCUT2D eigenvalue weighted by molar-refractivity contribution is 6.21. The van der Waals surface area contributed by atoms with Crippen LogP contribution in [0.25, 0.3) is 5.69 Å². The zero-order valence-electron chi connectivity index (χ0n) is 14.5. The number of hydrogen-bond donors (Lipinski definition) is 1. The lowest BCUT2D eigenvalue weighted by atomic mass is 10.1. The molecule has 0 atom stereocenters. The van der Waals surface area contributed by atoms with Crippen LogP contribution in [0.1, 0.15) is 27.1 Å². The summed E-state index contributed by atoms with van der Waals surface area (Å²) >= 11 is 0. The van der Waals surface area contributed by atoms with Crippen LogP contribution in [0.4, 0.5) is 10.1 Å². The highest BCUT2D eigenvalue weighted by Crippen LogP contribution is 2.23. The van der Waals surface area contributed by atoms with Crippen molar-refractivity contribution in [2.75, 3.05) is 11.9 Å². The maximum absolute atomic E-state index is 14.2. The number of carbonyl (C=O) groups excluding carboxylic acids is 3. The standard InChI is InChI=1S/C19H14FN5O3/c20-15-9-12(5-6-16(15)25-11-21-10-22-25)23-17(26)7-8-24-18(27)13-3-1-2-4-14(13)19(24)28/h1-6,9-11H,7-8H2,(H,23,26). The van der Waals surface area contributed by atoms with E-state index in [1.807, 2.05) is 0 Å². The van der Waals surface area contributed by atoms with Crippen molar-refractivity contribution in [1.82, 2.24) is 19.7 Å². The number of fused-ring (bicyclic) bond motifs is 1. The van der Waals surface area contributed by atoms with Crippen LogP contribution in [0, 0.1) is 5.82 Å². The molecule has 1 aliphatic heterocycles. The molecule has 0 saturated heterocycles. The number of anilines is 1. The first-order valence-electron chi connectivity index (χ1n) is 8.44. The van der Waals surface area contributed by atoms with Gasteiger partial charge in [0.1, 0.15) is 18.3 Å². The van der Waals surface area contributed by atoms with Crippen molar-refractivity contribution in [3.05, 3.63) is 72.1 Å². The Labute approximate surface area is 158 Å². The molecule has 28 heavy (non-hydrogen) atoms. The largest absolute Gasteiger partial charge is 0.326 e. The first kappa shape index (κ1) is 17.5. The van der Waals surface area contributed by atoms with E-state index in [1.54, 1.807) is 24.3 Å². The Morgan fingerprint density at radius 1 is 1.07 bits per heavy atom. The Hall–Kier alpha value is -3.88. The number of hydrogen-bond acceptors (Lipinski definition) is 5. The van der Waals surface area contributed by atoms with Gasteiger partial charge in [-0.15, -0.1) is 0 Å². The minimum atomic E-state index is -0.580. The summed E-state index contributed by atoms with van der Waals surface area (Å²) in [5.41, 5.74) is 1.12. The summed E-state index contributed by atoms with van der Waals surface area (Å²) in [5, 5.41) is 6.41. The Balaban J connectivity index is 1.39. The minimum absolute atomic E-state index is 0.0578. The second-order valence-corrected chi connectivity index (χ2v) is 6.11. The van der Waals surface area contributed by atoms with Gasteiger partial charge in [0.15, 0.2) is 5.82 Å². The molecule has 1 aliphatic rings. The zero-order chi connectivity index (χ0) is 19.7. The van der Waals surface area contributed by atoms with Gasteiger partial charge in [0.05, 0.1) is 11.1 Å². The molecule has 1 aromatic heterocycles. The van der Waals surface area contributed by atoms with Gasteiger partial charge >= 0.3 is 0 Å². The van der Waals surface area contributed by atoms with E-state index in [-0.39, 0.29) is 24.3 Å². The van der Waals surface area contributed by atoms with E-state index < -0.39 is 23.5 Å². The molecule has 4 rings (SSSR count). The van der Waals surface area contributed by atoms with Crippen LogP contribution >= 0.6 is 0 Å². The summed E-state index contributed by atoms with van der Waals surface area (Å²) in [4.78, 5) is 41.5. The molecule has 0 fully saturated rings. The van der Waals surface area contributed by atoms with Crippen LogP contribution in [-0.2, 0) is 4.79 Å². The molecule has 0 spiro atoms. The van der Waals surface area contributed by atoms with Gasteiger partial charge < -0.3 is 5.32 Å². The maximum Gasteiger partial charge on any atom is 0.261 e. The lowest BCUT2D eigenvalue weighted by Gasteiger charge is -2.13. The number of rotatable bonds is 5. The quantitative estimate of drug-likeness (QED) is 0.684. The van der Waals surface area contributed by atoms with E-state index in [0.717, 1.165) is 11.0 Å². The smallest absolute Gasteiger partial charge is 0.261 e. The molecule has 2 aromatic carbocycles. The van der Waals surface area contributed by atoms with E-state index in [4.69, 9.17) is 0 Å². The molecule has 0 saturated carbocycles. The van der Waals surface area contributed by atoms with E-state index in [1.165, 1.54) is 29.5 Å². The third-order valence-corrected chi connectivity index (χ3v) is 4.34. The van der Waals surface area contributed by atoms with Gasteiger partial charge in [0.2, 0.25) is 5.91 Å². The third kappa shape index (κ3) is 3.13. The number of nitrogens with one attached hydrogen (secondary N) is 1. The second kappa shape index (κ2) is 7.03. The van der Waals surface area contributed by atoms with Crippen molar-refractivity contribution < 1.29 is 18.8 Å². The van der Waals surface area contributed by atoms with Crippen molar-refractivity contribution in [3.63, 3.8) is 0 Å². The van der Waals surface area contributed by atoms with Gasteiger partial charge in [-0.1, -0.05) is 12.1 Å². The van der Waals surface area contributed by atoms with Gasteiger partial charge in [-0.3, -0.25) is 19.3 Å². The average Bonchev–Trinajstić information content (AvgIpc) is 3.29. The van der Waals surface area contributed by atoms with Crippen LogP contribution in [0.3, 0.4) is 0 Å². The number of carbonyl (C=O) groups is 3. The fourth-order valence-corrected chi connectivity index (χ4v) is 2.98. The van der Waals surface area contributed by atoms with E-state index >= 15 is 0 Å². The molecule has 0 unspecified atom stereocenters. The van der Waals surface area contributed by atoms with Crippen molar-refractivity contribution in [2.45, 2.75) is 6.42 Å². The van der Waals surface area contributed by atoms with Crippen LogP contribution in [0.5, 0.6) is 0 Å². The predicted molar refractivity (Wildman–Crippen MR) is 96.4 cm³/mol. The zero-order valence-corrected chi connectivity index (χ0v) is 14.5. The van der Waals surface area contributed by atoms with Gasteiger partial charge in [-0.05, 0) is 30.3 Å². The van der Waals surface area contributed by atoms with Crippen molar-refractivity contribution in [1.29, 1.82) is 0 Å². The normalized spacial score (nSPS) is 13.0. The first-order valence-corrected chi connectivity index (χ1v) is 8.44. The van der Waals surface area contributed by atoms with Gasteiger partial charge in [-0.2, -0.15) is 5.10 Å². The first-order chi connectivity index (χ1) is 13.5. The molecule has 8 nitrogen and oxygen atoms in total. The maximum atomic E-state index is 14.2. The summed E-state index contributed by atoms with van der Waals surface area (Å²) in [5.74, 6) is -1.86. The fourth-order valence-electron chi connectivity index (χ4n) is 2.98. The van der Waals surface area contributed by atoms with E-state index in [9.17, 15) is 18.8 Å². The number of benzene rings is 2. The molecule has 0 bridgehead atoms. The lowest BCUT2D eigenvalue weighted by Crippen LogP contribution is -2.32. The van der Waals surface area contributed by atoms with E-state index in [2.05, 4.69) is 15.4 Å². The second-order valence-electron chi connectivity index (χ2n) is 6.11. The van der Waals surface area contributed by atoms with Crippen LogP contribution in [-0.4, -0.2) is 43.9 Å². The Bertz CT molecular complexity index is 1050. The van der Waals surface area contributed by atoms with Crippen LogP contribution in [0.2, 0.25) is 0 Å². The van der Waals surface area contributed by atoms with Crippen LogP contribution in [0.15, 0.2) is 55.1 Å². The molecule has 3 aromatic rings. The molecule has 2 heterocycles. The Morgan fingerprint density at radius 3 is 2.39 bits per heavy atom. The SMILES string of the molecule is O=C(CCN1C(=O)c2ccccc2C1=O)Nc1ccc(-n2cncn2)c(F)c1. The molecule has 1 N–H and O–H groups in total. The Morgan fingerprint density at radius 2 is 1.79 bits per heavy atom. The summed E-state index contributed by atoms with van der Waals surface area (Å²) in [6.07, 6.45) is 2.55. The molecule has 9 heteroatoms. The summed E-state index contributed by atoms with van der Waals surface area (Å²) in [6.45, 7) is -0.0578. The van der Waals surface area contributed by atoms with Gasteiger partial charge in [0.25, 0.3) is 11.8 Å². The highest BCUT2D eigenvalue weighted by atomic mass is 19.1. The average molecular weight is 379 g/mol. The van der Waals surface area contributed by atoms with Gasteiger partial charge in [-0.25, -0.2) is 14.1 Å². The molecule has 140 valence electrons. The molecule has 3 amide bonds. The minimum Gasteiger partial charge on any atom is -0.326 e. The monoisotopic (exact) mass is 379 g/mol. The predicted octanol–water partition coefficient (Wildman–Crippen LogP) is 2.03. The molecular weight excluding hydrogens is 365 g/mol. The Kier molecular flexibility index (Phi) is 4.40. The number of halogens is 1. The van der Waals surface area contributed by atoms with Crippen molar-refractivity contribution in [3.8, 4) is 5.69 Å². The summed E-state index contributed by atoms with van der Waals surface area (Å²) in [7, 11) is 0. The molecule has 0 radical (unpaired) electrons. The van der Waals surface area contributed by atoms with E-state index in [0.29, 0.717) is 11.1 Å². The van der Waals surface area contributed by atoms with Gasteiger partial charge in [0, 0.05) is 18.7 Å². The topological polar surface area (TPSA) is 97.2 Å². The number of imide groups is 1. The lowest BCUT2D eigenvalue weighted by molar-refractivity contribution is -0.116. The number of aromatic nitrogens is 3. The highest BCUT2D eigenvalue weighted by Gasteiger charge is 2.34. The fraction of sp³-hybridized carbons (Fsp3) is 0.105. The van der Waals surface area contributed by atoms with Crippen LogP contribution < -0.4 is 5.32 Å². The molecule has 0 aliphatic carbocycles. The number of nitrogens with zero attached hydrogens (tertiary/aromatic N) is 4. The van der Waals surface area contributed by atoms with Crippen molar-refractivity contribution in [2.24, 2.45) is 0 Å². The molecular formula is C19H14FN5O3. The summed E-state index contributed by atoms with van der Waals surface area (Å²) < 4.78 is 15.5. The summed E-state index contributed by atoms with van der Waals surface area (Å²) in [6, 6.07) is 10.7. The third-order valence-electron chi connectivity index (χ3n) is 4.34.